The largest absolute Gasteiger partial charge is 0.378 e. The van der Waals surface area contributed by atoms with Crippen molar-refractivity contribution in [3.63, 3.8) is 0 Å². The molecule has 0 radical (unpaired) electrons. The van der Waals surface area contributed by atoms with Crippen LogP contribution in [0.2, 0.25) is 0 Å². The number of morpholine rings is 1. The molecule has 0 aliphatic carbocycles. The van der Waals surface area contributed by atoms with Crippen molar-refractivity contribution in [3.8, 4) is 11.3 Å². The molecule has 28 heavy (non-hydrogen) atoms. The first-order valence-corrected chi connectivity index (χ1v) is 10.3. The number of pyridine rings is 1. The monoisotopic (exact) mass is 394 g/mol. The summed E-state index contributed by atoms with van der Waals surface area (Å²) in [6, 6.07) is 12.1. The molecule has 144 valence electrons. The lowest BCUT2D eigenvalue weighted by atomic mass is 10.1. The third kappa shape index (κ3) is 4.21. The summed E-state index contributed by atoms with van der Waals surface area (Å²) in [6.45, 7) is 5.17. The molecule has 0 atom stereocenters. The highest BCUT2D eigenvalue weighted by Crippen LogP contribution is 2.26. The second-order valence-electron chi connectivity index (χ2n) is 6.54. The molecule has 1 amide bonds. The summed E-state index contributed by atoms with van der Waals surface area (Å²) >= 11 is 1.41. The minimum absolute atomic E-state index is 0.252. The molecule has 7 heteroatoms. The molecule has 1 fully saturated rings. The zero-order chi connectivity index (χ0) is 19.3. The summed E-state index contributed by atoms with van der Waals surface area (Å²) in [7, 11) is 0. The topological polar surface area (TPSA) is 67.4 Å². The van der Waals surface area contributed by atoms with Crippen LogP contribution in [-0.4, -0.2) is 42.2 Å². The van der Waals surface area contributed by atoms with Crippen LogP contribution >= 0.6 is 11.3 Å². The van der Waals surface area contributed by atoms with Crippen LogP contribution in [0.15, 0.2) is 48.0 Å². The number of hydrogen-bond acceptors (Lipinski definition) is 6. The molecule has 3 heterocycles. The average Bonchev–Trinajstić information content (AvgIpc) is 3.23. The Morgan fingerprint density at radius 1 is 1.21 bits per heavy atom. The maximum Gasteiger partial charge on any atom is 0.276 e. The zero-order valence-corrected chi connectivity index (χ0v) is 16.5. The lowest BCUT2D eigenvalue weighted by molar-refractivity contribution is 0.102. The van der Waals surface area contributed by atoms with Crippen LogP contribution in [0.25, 0.3) is 11.3 Å². The van der Waals surface area contributed by atoms with E-state index in [0.717, 1.165) is 36.5 Å². The molecular formula is C21H22N4O2S. The molecule has 1 aromatic carbocycles. The average molecular weight is 395 g/mol. The van der Waals surface area contributed by atoms with Gasteiger partial charge < -0.3 is 9.64 Å². The van der Waals surface area contributed by atoms with E-state index in [-0.39, 0.29) is 5.91 Å². The number of amides is 1. The van der Waals surface area contributed by atoms with Crippen molar-refractivity contribution in [1.82, 2.24) is 9.97 Å². The first-order valence-electron chi connectivity index (χ1n) is 9.38. The number of benzene rings is 1. The molecule has 0 unspecified atom stereocenters. The number of aromatic nitrogens is 2. The van der Waals surface area contributed by atoms with Crippen molar-refractivity contribution in [3.05, 3.63) is 59.2 Å². The van der Waals surface area contributed by atoms with Gasteiger partial charge in [0.1, 0.15) is 5.69 Å². The van der Waals surface area contributed by atoms with E-state index in [1.807, 2.05) is 17.5 Å². The third-order valence-corrected chi connectivity index (χ3v) is 5.49. The van der Waals surface area contributed by atoms with Gasteiger partial charge in [0.2, 0.25) is 0 Å². The molecule has 1 saturated heterocycles. The standard InChI is InChI=1S/C21H22N4O2S/c1-2-15-3-5-16(6-4-15)19-14-28-21(23-19)24-20(26)18-13-17(7-8-22-18)25-9-11-27-12-10-25/h3-8,13-14H,2,9-12H2,1H3,(H,23,24,26). The van der Waals surface area contributed by atoms with Gasteiger partial charge in [-0.2, -0.15) is 0 Å². The third-order valence-electron chi connectivity index (χ3n) is 4.73. The number of carbonyl (C=O) groups excluding carboxylic acids is 1. The van der Waals surface area contributed by atoms with Crippen molar-refractivity contribution in [2.24, 2.45) is 0 Å². The van der Waals surface area contributed by atoms with E-state index in [1.54, 1.807) is 6.20 Å². The van der Waals surface area contributed by atoms with Gasteiger partial charge in [-0.3, -0.25) is 15.1 Å². The van der Waals surface area contributed by atoms with Gasteiger partial charge in [-0.05, 0) is 24.1 Å². The minimum Gasteiger partial charge on any atom is -0.378 e. The zero-order valence-electron chi connectivity index (χ0n) is 15.7. The van der Waals surface area contributed by atoms with E-state index in [0.29, 0.717) is 24.0 Å². The van der Waals surface area contributed by atoms with Crippen LogP contribution in [0, 0.1) is 0 Å². The van der Waals surface area contributed by atoms with Crippen LogP contribution in [0.4, 0.5) is 10.8 Å². The van der Waals surface area contributed by atoms with Crippen LogP contribution < -0.4 is 10.2 Å². The van der Waals surface area contributed by atoms with Gasteiger partial charge in [0.15, 0.2) is 5.13 Å². The second-order valence-corrected chi connectivity index (χ2v) is 7.40. The van der Waals surface area contributed by atoms with Crippen LogP contribution in [0.5, 0.6) is 0 Å². The Bertz CT molecular complexity index is 949. The van der Waals surface area contributed by atoms with Crippen molar-refractivity contribution in [2.75, 3.05) is 36.5 Å². The van der Waals surface area contributed by atoms with Gasteiger partial charge in [0, 0.05) is 35.9 Å². The van der Waals surface area contributed by atoms with Crippen LogP contribution in [0.3, 0.4) is 0 Å². The Morgan fingerprint density at radius 3 is 2.75 bits per heavy atom. The van der Waals surface area contributed by atoms with Crippen molar-refractivity contribution >= 4 is 28.1 Å². The minimum atomic E-state index is -0.252. The summed E-state index contributed by atoms with van der Waals surface area (Å²) in [5.41, 5.74) is 4.56. The van der Waals surface area contributed by atoms with E-state index in [2.05, 4.69) is 51.4 Å². The number of aryl methyl sites for hydroxylation is 1. The predicted molar refractivity (Wildman–Crippen MR) is 112 cm³/mol. The van der Waals surface area contributed by atoms with E-state index in [9.17, 15) is 4.79 Å². The number of anilines is 2. The molecule has 0 spiro atoms. The molecular weight excluding hydrogens is 372 g/mol. The Balaban J connectivity index is 1.46. The number of ether oxygens (including phenoxy) is 1. The smallest absolute Gasteiger partial charge is 0.276 e. The fourth-order valence-electron chi connectivity index (χ4n) is 3.10. The van der Waals surface area contributed by atoms with E-state index >= 15 is 0 Å². The second kappa shape index (κ2) is 8.50. The highest BCUT2D eigenvalue weighted by Gasteiger charge is 2.15. The number of thiazole rings is 1. The summed E-state index contributed by atoms with van der Waals surface area (Å²) in [5, 5.41) is 5.38. The lowest BCUT2D eigenvalue weighted by Crippen LogP contribution is -2.36. The number of hydrogen-bond donors (Lipinski definition) is 1. The van der Waals surface area contributed by atoms with E-state index < -0.39 is 0 Å². The normalized spacial score (nSPS) is 14.1. The molecule has 3 aromatic rings. The van der Waals surface area contributed by atoms with Gasteiger partial charge in [-0.15, -0.1) is 11.3 Å². The highest BCUT2D eigenvalue weighted by molar-refractivity contribution is 7.14. The fourth-order valence-corrected chi connectivity index (χ4v) is 3.81. The van der Waals surface area contributed by atoms with Crippen molar-refractivity contribution in [2.45, 2.75) is 13.3 Å². The Kier molecular flexibility index (Phi) is 5.64. The Morgan fingerprint density at radius 2 is 2.00 bits per heavy atom. The fraction of sp³-hybridized carbons (Fsp3) is 0.286. The molecule has 2 aromatic heterocycles. The number of nitrogens with zero attached hydrogens (tertiary/aromatic N) is 3. The van der Waals surface area contributed by atoms with Gasteiger partial charge in [-0.25, -0.2) is 4.98 Å². The molecule has 1 aliphatic heterocycles. The molecule has 1 N–H and O–H groups in total. The molecule has 0 saturated carbocycles. The summed E-state index contributed by atoms with van der Waals surface area (Å²) in [4.78, 5) is 23.6. The first kappa shape index (κ1) is 18.6. The lowest BCUT2D eigenvalue weighted by Gasteiger charge is -2.28. The van der Waals surface area contributed by atoms with Crippen LogP contribution in [-0.2, 0) is 11.2 Å². The summed E-state index contributed by atoms with van der Waals surface area (Å²) in [5.74, 6) is -0.252. The quantitative estimate of drug-likeness (QED) is 0.712. The molecule has 1 aliphatic rings. The van der Waals surface area contributed by atoms with Crippen LogP contribution in [0.1, 0.15) is 23.0 Å². The molecule has 0 bridgehead atoms. The SMILES string of the molecule is CCc1ccc(-c2csc(NC(=O)c3cc(N4CCOCC4)ccn3)n2)cc1. The number of nitrogens with one attached hydrogen (secondary N) is 1. The molecule has 6 nitrogen and oxygen atoms in total. The van der Waals surface area contributed by atoms with Gasteiger partial charge in [0.25, 0.3) is 5.91 Å². The van der Waals surface area contributed by atoms with Gasteiger partial charge in [-0.1, -0.05) is 31.2 Å². The Hall–Kier alpha value is -2.77. The van der Waals surface area contributed by atoms with Gasteiger partial charge >= 0.3 is 0 Å². The highest BCUT2D eigenvalue weighted by atomic mass is 32.1. The van der Waals surface area contributed by atoms with Crippen molar-refractivity contribution < 1.29 is 9.53 Å². The first-order chi connectivity index (χ1) is 13.7. The molecule has 4 rings (SSSR count). The maximum atomic E-state index is 12.6. The maximum absolute atomic E-state index is 12.6. The number of carbonyl (C=O) groups is 1. The Labute approximate surface area is 168 Å². The van der Waals surface area contributed by atoms with E-state index in [1.165, 1.54) is 16.9 Å². The predicted octanol–water partition coefficient (Wildman–Crippen LogP) is 3.86. The summed E-state index contributed by atoms with van der Waals surface area (Å²) < 4.78 is 5.39. The van der Waals surface area contributed by atoms with Gasteiger partial charge in [0.05, 0.1) is 18.9 Å². The number of rotatable bonds is 5. The van der Waals surface area contributed by atoms with E-state index in [4.69, 9.17) is 4.74 Å². The van der Waals surface area contributed by atoms with Crippen molar-refractivity contribution in [1.29, 1.82) is 0 Å². The summed E-state index contributed by atoms with van der Waals surface area (Å²) in [6.07, 6.45) is 2.68.